The average molecular weight is 555 g/mol. The number of nitrogens with one attached hydrogen (secondary N) is 2. The number of benzene rings is 1. The summed E-state index contributed by atoms with van der Waals surface area (Å²) >= 11 is 0. The molecule has 1 aromatic carbocycles. The minimum Gasteiger partial charge on any atom is -0.477 e. The van der Waals surface area contributed by atoms with Crippen LogP contribution in [0.1, 0.15) is 46.6 Å². The predicted molar refractivity (Wildman–Crippen MR) is 127 cm³/mol. The number of nitrogens with zero attached hydrogens (tertiary/aromatic N) is 4. The maximum atomic E-state index is 14.8. The van der Waals surface area contributed by atoms with E-state index in [1.807, 2.05) is 0 Å². The van der Waals surface area contributed by atoms with Gasteiger partial charge >= 0.3 is 6.18 Å². The Morgan fingerprint density at radius 1 is 1.18 bits per heavy atom. The molecule has 1 atom stereocenters. The zero-order valence-electron chi connectivity index (χ0n) is 20.4. The summed E-state index contributed by atoms with van der Waals surface area (Å²) in [7, 11) is -1.91. The van der Waals surface area contributed by atoms with Crippen molar-refractivity contribution in [3.63, 3.8) is 0 Å². The molecule has 10 nitrogen and oxygen atoms in total. The molecule has 1 amide bonds. The number of aromatic nitrogens is 4. The Hall–Kier alpha value is -3.88. The molecule has 0 radical (unpaired) electrons. The standard InChI is InChI=1S/C23H22F4N6O4S/c1-12-16(18(34)30-13-6-4-7-14(10-13)38(3,28)35)19(33-32-17(12)23(25,26)27)37-20-21(36-2)31-15(11-29-20)22(24)8-5-9-22/h4,6-7,10-11,28H,5,8-9H2,1-3H3,(H,30,34). The lowest BCUT2D eigenvalue weighted by Gasteiger charge is -2.32. The number of anilines is 1. The summed E-state index contributed by atoms with van der Waals surface area (Å²) in [4.78, 5) is 21.4. The second-order valence-corrected chi connectivity index (χ2v) is 10.8. The number of hydrogen-bond acceptors (Lipinski definition) is 9. The summed E-state index contributed by atoms with van der Waals surface area (Å²) in [6.45, 7) is 1.02. The number of alkyl halides is 4. The van der Waals surface area contributed by atoms with Crippen molar-refractivity contribution in [2.24, 2.45) is 0 Å². The number of carbonyl (C=O) groups excluding carboxylic acids is 1. The summed E-state index contributed by atoms with van der Waals surface area (Å²) in [6, 6.07) is 5.52. The van der Waals surface area contributed by atoms with Crippen molar-refractivity contribution in [2.75, 3.05) is 18.7 Å². The van der Waals surface area contributed by atoms with Crippen LogP contribution in [0.3, 0.4) is 0 Å². The minimum absolute atomic E-state index is 0.0161. The molecule has 1 unspecified atom stereocenters. The van der Waals surface area contributed by atoms with Gasteiger partial charge in [-0.15, -0.1) is 10.2 Å². The lowest BCUT2D eigenvalue weighted by Crippen LogP contribution is -2.30. The van der Waals surface area contributed by atoms with E-state index in [2.05, 4.69) is 25.5 Å². The van der Waals surface area contributed by atoms with E-state index in [0.717, 1.165) is 13.1 Å². The molecule has 2 aromatic heterocycles. The number of carbonyl (C=O) groups is 1. The molecule has 2 N–H and O–H groups in total. The normalized spacial score (nSPS) is 16.2. The van der Waals surface area contributed by atoms with E-state index < -0.39 is 50.2 Å². The number of methoxy groups -OCH3 is 1. The van der Waals surface area contributed by atoms with Crippen LogP contribution >= 0.6 is 0 Å². The van der Waals surface area contributed by atoms with Crippen LogP contribution in [0.25, 0.3) is 0 Å². The van der Waals surface area contributed by atoms with E-state index in [9.17, 15) is 26.6 Å². The van der Waals surface area contributed by atoms with E-state index >= 15 is 0 Å². The van der Waals surface area contributed by atoms with Gasteiger partial charge in [0.15, 0.2) is 11.4 Å². The molecule has 1 aliphatic rings. The van der Waals surface area contributed by atoms with Gasteiger partial charge in [0.25, 0.3) is 23.5 Å². The Bertz CT molecular complexity index is 1510. The average Bonchev–Trinajstić information content (AvgIpc) is 2.81. The fourth-order valence-corrected chi connectivity index (χ4v) is 4.42. The summed E-state index contributed by atoms with van der Waals surface area (Å²) in [6.07, 6.45) is -1.43. The first-order valence-electron chi connectivity index (χ1n) is 11.1. The Kier molecular flexibility index (Phi) is 6.99. The lowest BCUT2D eigenvalue weighted by molar-refractivity contribution is -0.142. The zero-order valence-corrected chi connectivity index (χ0v) is 21.2. The topological polar surface area (TPSA) is 140 Å². The molecule has 0 bridgehead atoms. The van der Waals surface area contributed by atoms with Crippen molar-refractivity contribution in [1.29, 1.82) is 4.78 Å². The predicted octanol–water partition coefficient (Wildman–Crippen LogP) is 5.03. The van der Waals surface area contributed by atoms with E-state index in [0.29, 0.717) is 6.42 Å². The first-order chi connectivity index (χ1) is 17.7. The minimum atomic E-state index is -4.93. The lowest BCUT2D eigenvalue weighted by atomic mass is 9.80. The van der Waals surface area contributed by atoms with E-state index in [1.165, 1.54) is 37.6 Å². The van der Waals surface area contributed by atoms with Crippen LogP contribution < -0.4 is 14.8 Å². The maximum Gasteiger partial charge on any atom is 0.435 e. The van der Waals surface area contributed by atoms with Gasteiger partial charge in [0.1, 0.15) is 11.3 Å². The molecule has 15 heteroatoms. The molecule has 4 rings (SSSR count). The van der Waals surface area contributed by atoms with Crippen LogP contribution in [0.4, 0.5) is 23.2 Å². The van der Waals surface area contributed by atoms with Crippen molar-refractivity contribution >= 4 is 21.3 Å². The van der Waals surface area contributed by atoms with Gasteiger partial charge in [-0.3, -0.25) is 4.79 Å². The zero-order chi connectivity index (χ0) is 27.9. The third-order valence-corrected chi connectivity index (χ3v) is 7.08. The van der Waals surface area contributed by atoms with Gasteiger partial charge in [0.2, 0.25) is 0 Å². The highest BCUT2D eigenvalue weighted by Gasteiger charge is 2.42. The highest BCUT2D eigenvalue weighted by Crippen LogP contribution is 2.45. The largest absolute Gasteiger partial charge is 0.477 e. The van der Waals surface area contributed by atoms with Crippen molar-refractivity contribution < 1.29 is 36.0 Å². The van der Waals surface area contributed by atoms with Crippen molar-refractivity contribution in [1.82, 2.24) is 20.2 Å². The molecule has 1 fully saturated rings. The second kappa shape index (κ2) is 9.78. The van der Waals surface area contributed by atoms with E-state index in [4.69, 9.17) is 14.3 Å². The fraction of sp³-hybridized carbons (Fsp3) is 0.348. The van der Waals surface area contributed by atoms with Gasteiger partial charge < -0.3 is 14.8 Å². The third kappa shape index (κ3) is 5.37. The molecule has 0 saturated heterocycles. The number of ether oxygens (including phenoxy) is 2. The molecule has 0 aliphatic heterocycles. The molecule has 38 heavy (non-hydrogen) atoms. The number of amides is 1. The summed E-state index contributed by atoms with van der Waals surface area (Å²) < 4.78 is 86.0. The molecule has 1 aliphatic carbocycles. The molecule has 3 aromatic rings. The highest BCUT2D eigenvalue weighted by atomic mass is 32.2. The molecule has 202 valence electrons. The molecular weight excluding hydrogens is 532 g/mol. The van der Waals surface area contributed by atoms with Gasteiger partial charge in [-0.1, -0.05) is 6.07 Å². The number of rotatable bonds is 7. The molecular formula is C23H22F4N6O4S. The van der Waals surface area contributed by atoms with Gasteiger partial charge in [0.05, 0.1) is 23.0 Å². The summed E-state index contributed by atoms with van der Waals surface area (Å²) in [5, 5.41) is 9.06. The Morgan fingerprint density at radius 3 is 2.47 bits per heavy atom. The maximum absolute atomic E-state index is 14.8. The SMILES string of the molecule is COc1nc(C2(F)CCC2)cnc1Oc1nnc(C(F)(F)F)c(C)c1C(=O)Nc1cccc(S(C)(=N)=O)c1. The van der Waals surface area contributed by atoms with Crippen molar-refractivity contribution in [2.45, 2.75) is 42.9 Å². The Morgan fingerprint density at radius 2 is 1.89 bits per heavy atom. The van der Waals surface area contributed by atoms with Crippen LogP contribution in [-0.4, -0.2) is 43.6 Å². The Balaban J connectivity index is 1.75. The quantitative estimate of drug-likeness (QED) is 0.388. The number of halogens is 4. The summed E-state index contributed by atoms with van der Waals surface area (Å²) in [5.41, 5.74) is -4.19. The van der Waals surface area contributed by atoms with Gasteiger partial charge in [-0.25, -0.2) is 23.3 Å². The van der Waals surface area contributed by atoms with Gasteiger partial charge in [-0.05, 0) is 49.9 Å². The monoisotopic (exact) mass is 554 g/mol. The molecule has 0 spiro atoms. The third-order valence-electron chi connectivity index (χ3n) is 5.92. The second-order valence-electron chi connectivity index (χ2n) is 8.67. The number of hydrogen-bond donors (Lipinski definition) is 2. The molecule has 2 heterocycles. The van der Waals surface area contributed by atoms with Crippen LogP contribution in [0, 0.1) is 11.7 Å². The van der Waals surface area contributed by atoms with Crippen LogP contribution in [0.15, 0.2) is 35.4 Å². The highest BCUT2D eigenvalue weighted by molar-refractivity contribution is 7.91. The molecule has 1 saturated carbocycles. The summed E-state index contributed by atoms with van der Waals surface area (Å²) in [5.74, 6) is -2.33. The van der Waals surface area contributed by atoms with Crippen LogP contribution in [0.2, 0.25) is 0 Å². The smallest absolute Gasteiger partial charge is 0.435 e. The Labute approximate surface area is 214 Å². The van der Waals surface area contributed by atoms with Crippen molar-refractivity contribution in [3.05, 3.63) is 53.0 Å². The van der Waals surface area contributed by atoms with Gasteiger partial charge in [-0.2, -0.15) is 13.2 Å². The van der Waals surface area contributed by atoms with Crippen LogP contribution in [-0.2, 0) is 21.6 Å². The van der Waals surface area contributed by atoms with E-state index in [-0.39, 0.29) is 40.9 Å². The first kappa shape index (κ1) is 27.2. The van der Waals surface area contributed by atoms with Gasteiger partial charge in [0, 0.05) is 16.8 Å². The first-order valence-corrected chi connectivity index (χ1v) is 13.1. The fourth-order valence-electron chi connectivity index (χ4n) is 3.73. The van der Waals surface area contributed by atoms with Crippen LogP contribution in [0.5, 0.6) is 17.6 Å². The van der Waals surface area contributed by atoms with E-state index in [1.54, 1.807) is 0 Å². The van der Waals surface area contributed by atoms with Crippen molar-refractivity contribution in [3.8, 4) is 17.6 Å².